The molecule has 0 aliphatic heterocycles. The first-order chi connectivity index (χ1) is 9.57. The molecule has 20 heavy (non-hydrogen) atoms. The van der Waals surface area contributed by atoms with Crippen molar-refractivity contribution < 1.29 is 9.53 Å². The fraction of sp³-hybridized carbons (Fsp3) is 0.400. The highest BCUT2D eigenvalue weighted by atomic mass is 16.5. The van der Waals surface area contributed by atoms with Crippen LogP contribution in [-0.4, -0.2) is 18.1 Å². The van der Waals surface area contributed by atoms with Gasteiger partial charge in [0.25, 0.3) is 5.91 Å². The van der Waals surface area contributed by atoms with Crippen molar-refractivity contribution in [2.45, 2.75) is 25.3 Å². The molecule has 1 amide bonds. The highest BCUT2D eigenvalue weighted by Crippen LogP contribution is 2.39. The molecule has 0 unspecified atom stereocenters. The summed E-state index contributed by atoms with van der Waals surface area (Å²) in [7, 11) is 0. The van der Waals surface area contributed by atoms with Crippen molar-refractivity contribution in [3.8, 4) is 17.9 Å². The number of nitrogens with zero attached hydrogens (tertiary/aromatic N) is 2. The molecule has 1 atom stereocenters. The van der Waals surface area contributed by atoms with Crippen molar-refractivity contribution in [2.24, 2.45) is 5.92 Å². The van der Waals surface area contributed by atoms with Crippen LogP contribution in [0.15, 0.2) is 24.3 Å². The third kappa shape index (κ3) is 3.27. The van der Waals surface area contributed by atoms with E-state index in [9.17, 15) is 4.79 Å². The molecule has 0 spiro atoms. The molecular weight excluding hydrogens is 254 g/mol. The van der Waals surface area contributed by atoms with Crippen LogP contribution in [0.5, 0.6) is 5.75 Å². The smallest absolute Gasteiger partial charge is 0.259 e. The highest BCUT2D eigenvalue weighted by molar-refractivity contribution is 5.79. The van der Waals surface area contributed by atoms with Crippen molar-refractivity contribution >= 4 is 5.91 Å². The number of hydrogen-bond acceptors (Lipinski definition) is 4. The van der Waals surface area contributed by atoms with Crippen molar-refractivity contribution in [3.05, 3.63) is 29.8 Å². The fourth-order valence-corrected chi connectivity index (χ4v) is 1.98. The number of nitrogens with one attached hydrogen (secondary N) is 1. The zero-order chi connectivity index (χ0) is 14.6. The number of rotatable bonds is 5. The lowest BCUT2D eigenvalue weighted by molar-refractivity contribution is -0.124. The van der Waals surface area contributed by atoms with E-state index in [2.05, 4.69) is 11.4 Å². The molecule has 5 nitrogen and oxygen atoms in total. The maximum Gasteiger partial charge on any atom is 0.259 e. The summed E-state index contributed by atoms with van der Waals surface area (Å²) in [4.78, 5) is 11.8. The third-order valence-electron chi connectivity index (χ3n) is 3.38. The number of amides is 1. The number of hydrogen-bond donors (Lipinski definition) is 1. The minimum Gasteiger partial charge on any atom is -0.484 e. The van der Waals surface area contributed by atoms with Gasteiger partial charge in [0.1, 0.15) is 11.3 Å². The van der Waals surface area contributed by atoms with Crippen LogP contribution in [0, 0.1) is 28.6 Å². The van der Waals surface area contributed by atoms with Crippen LogP contribution in [0.4, 0.5) is 0 Å². The van der Waals surface area contributed by atoms with Crippen LogP contribution in [0.25, 0.3) is 0 Å². The zero-order valence-electron chi connectivity index (χ0n) is 11.2. The molecule has 1 N–H and O–H groups in total. The van der Waals surface area contributed by atoms with Gasteiger partial charge in [0.15, 0.2) is 6.61 Å². The molecule has 0 radical (unpaired) electrons. The predicted octanol–water partition coefficient (Wildman–Crippen LogP) is 1.75. The van der Waals surface area contributed by atoms with Crippen molar-refractivity contribution in [3.63, 3.8) is 0 Å². The third-order valence-corrected chi connectivity index (χ3v) is 3.38. The molecule has 1 aromatic rings. The first-order valence-corrected chi connectivity index (χ1v) is 6.42. The lowest BCUT2D eigenvalue weighted by Gasteiger charge is -2.22. The number of carbonyl (C=O) groups is 1. The molecule has 1 aliphatic rings. The summed E-state index contributed by atoms with van der Waals surface area (Å²) in [6.07, 6.45) is 1.95. The van der Waals surface area contributed by atoms with E-state index < -0.39 is 5.54 Å². The molecule has 0 aromatic heterocycles. The van der Waals surface area contributed by atoms with E-state index in [1.54, 1.807) is 31.2 Å². The average Bonchev–Trinajstić information content (AvgIpc) is 3.30. The first kappa shape index (κ1) is 13.9. The molecule has 102 valence electrons. The van der Waals surface area contributed by atoms with Crippen LogP contribution in [0.1, 0.15) is 25.3 Å². The minimum absolute atomic E-state index is 0.143. The Morgan fingerprint density at radius 1 is 1.40 bits per heavy atom. The first-order valence-electron chi connectivity index (χ1n) is 6.42. The summed E-state index contributed by atoms with van der Waals surface area (Å²) in [6, 6.07) is 10.7. The monoisotopic (exact) mass is 269 g/mol. The molecule has 1 saturated carbocycles. The molecular formula is C15H15N3O2. The topological polar surface area (TPSA) is 85.9 Å². The Labute approximate surface area is 117 Å². The SMILES string of the molecule is C[C@](C#N)(NC(=O)COc1ccc(C#N)cc1)C1CC1. The van der Waals surface area contributed by atoms with Gasteiger partial charge in [-0.1, -0.05) is 0 Å². The van der Waals surface area contributed by atoms with Gasteiger partial charge in [0, 0.05) is 0 Å². The summed E-state index contributed by atoms with van der Waals surface area (Å²) in [5.41, 5.74) is -0.266. The summed E-state index contributed by atoms with van der Waals surface area (Å²) < 4.78 is 5.33. The summed E-state index contributed by atoms with van der Waals surface area (Å²) in [6.45, 7) is 1.60. The standard InChI is InChI=1S/C15H15N3O2/c1-15(10-17,12-4-5-12)18-14(19)9-20-13-6-2-11(8-16)3-7-13/h2-3,6-7,12H,4-5,9H2,1H3,(H,18,19)/t15-/m1/s1. The minimum atomic E-state index is -0.800. The second-order valence-corrected chi connectivity index (χ2v) is 5.06. The van der Waals surface area contributed by atoms with Crippen molar-refractivity contribution in [1.29, 1.82) is 10.5 Å². The largest absolute Gasteiger partial charge is 0.484 e. The van der Waals surface area contributed by atoms with Crippen LogP contribution in [0.3, 0.4) is 0 Å². The van der Waals surface area contributed by atoms with E-state index in [0.29, 0.717) is 11.3 Å². The second-order valence-electron chi connectivity index (χ2n) is 5.06. The van der Waals surface area contributed by atoms with Gasteiger partial charge in [-0.05, 0) is 49.9 Å². The van der Waals surface area contributed by atoms with Crippen LogP contribution in [0.2, 0.25) is 0 Å². The Morgan fingerprint density at radius 3 is 2.55 bits per heavy atom. The van der Waals surface area contributed by atoms with E-state index in [-0.39, 0.29) is 18.4 Å². The number of benzene rings is 1. The maximum atomic E-state index is 11.8. The fourth-order valence-electron chi connectivity index (χ4n) is 1.98. The zero-order valence-corrected chi connectivity index (χ0v) is 11.2. The van der Waals surface area contributed by atoms with Gasteiger partial charge in [-0.2, -0.15) is 10.5 Å². The van der Waals surface area contributed by atoms with Gasteiger partial charge < -0.3 is 10.1 Å². The van der Waals surface area contributed by atoms with Gasteiger partial charge in [0.2, 0.25) is 0 Å². The van der Waals surface area contributed by atoms with E-state index in [4.69, 9.17) is 15.3 Å². The number of nitriles is 2. The molecule has 0 heterocycles. The van der Waals surface area contributed by atoms with E-state index >= 15 is 0 Å². The van der Waals surface area contributed by atoms with Crippen molar-refractivity contribution in [2.75, 3.05) is 6.61 Å². The van der Waals surface area contributed by atoms with Crippen LogP contribution in [-0.2, 0) is 4.79 Å². The van der Waals surface area contributed by atoms with Gasteiger partial charge in [-0.25, -0.2) is 0 Å². The van der Waals surface area contributed by atoms with Crippen molar-refractivity contribution in [1.82, 2.24) is 5.32 Å². The summed E-state index contributed by atoms with van der Waals surface area (Å²) >= 11 is 0. The maximum absolute atomic E-state index is 11.8. The van der Waals surface area contributed by atoms with Gasteiger partial charge in [-0.3, -0.25) is 4.79 Å². The normalized spacial score (nSPS) is 16.4. The highest BCUT2D eigenvalue weighted by Gasteiger charge is 2.43. The summed E-state index contributed by atoms with van der Waals surface area (Å²) in [5, 5.41) is 20.5. The lowest BCUT2D eigenvalue weighted by atomic mass is 9.98. The van der Waals surface area contributed by atoms with E-state index in [0.717, 1.165) is 12.8 Å². The van der Waals surface area contributed by atoms with Gasteiger partial charge in [-0.15, -0.1) is 0 Å². The molecule has 2 rings (SSSR count). The summed E-state index contributed by atoms with van der Waals surface area (Å²) in [5.74, 6) is 0.445. The quantitative estimate of drug-likeness (QED) is 0.882. The Morgan fingerprint density at radius 2 is 2.05 bits per heavy atom. The van der Waals surface area contributed by atoms with E-state index in [1.807, 2.05) is 6.07 Å². The molecule has 1 aromatic carbocycles. The number of carbonyl (C=O) groups excluding carboxylic acids is 1. The Bertz CT molecular complexity index is 579. The second kappa shape index (κ2) is 5.63. The van der Waals surface area contributed by atoms with Gasteiger partial charge in [0.05, 0.1) is 17.7 Å². The molecule has 5 heteroatoms. The number of ether oxygens (including phenoxy) is 1. The molecule has 0 bridgehead atoms. The van der Waals surface area contributed by atoms with Crippen LogP contribution >= 0.6 is 0 Å². The molecule has 1 fully saturated rings. The Balaban J connectivity index is 1.86. The average molecular weight is 269 g/mol. The van der Waals surface area contributed by atoms with Gasteiger partial charge >= 0.3 is 0 Å². The van der Waals surface area contributed by atoms with Crippen LogP contribution < -0.4 is 10.1 Å². The Kier molecular flexibility index (Phi) is 3.91. The molecule has 0 saturated heterocycles. The predicted molar refractivity (Wildman–Crippen MR) is 71.5 cm³/mol. The van der Waals surface area contributed by atoms with E-state index in [1.165, 1.54) is 0 Å². The Hall–Kier alpha value is -2.53. The lowest BCUT2D eigenvalue weighted by Crippen LogP contribution is -2.48. The molecule has 1 aliphatic carbocycles.